The fraction of sp³-hybridized carbons (Fsp3) is 0.235. The SMILES string of the molecule is CCOC(=O)CCNC(=O)c1ccc(Oc2cccnc2)cc1. The second-order valence-corrected chi connectivity index (χ2v) is 4.63. The lowest BCUT2D eigenvalue weighted by molar-refractivity contribution is -0.142. The van der Waals surface area contributed by atoms with Crippen LogP contribution in [-0.2, 0) is 9.53 Å². The van der Waals surface area contributed by atoms with Crippen LogP contribution < -0.4 is 10.1 Å². The molecule has 6 nitrogen and oxygen atoms in total. The predicted molar refractivity (Wildman–Crippen MR) is 84.3 cm³/mol. The van der Waals surface area contributed by atoms with Gasteiger partial charge in [-0.05, 0) is 43.3 Å². The van der Waals surface area contributed by atoms with Gasteiger partial charge in [-0.2, -0.15) is 0 Å². The third-order valence-electron chi connectivity index (χ3n) is 2.91. The monoisotopic (exact) mass is 314 g/mol. The number of rotatable bonds is 7. The van der Waals surface area contributed by atoms with Crippen LogP contribution in [0.4, 0.5) is 0 Å². The Morgan fingerprint density at radius 1 is 1.13 bits per heavy atom. The van der Waals surface area contributed by atoms with E-state index in [0.29, 0.717) is 23.7 Å². The molecule has 0 saturated carbocycles. The van der Waals surface area contributed by atoms with Crippen molar-refractivity contribution in [1.29, 1.82) is 0 Å². The summed E-state index contributed by atoms with van der Waals surface area (Å²) in [6.45, 7) is 2.32. The van der Waals surface area contributed by atoms with Crippen LogP contribution in [0.3, 0.4) is 0 Å². The molecule has 0 spiro atoms. The van der Waals surface area contributed by atoms with Crippen molar-refractivity contribution in [2.75, 3.05) is 13.2 Å². The third kappa shape index (κ3) is 5.43. The summed E-state index contributed by atoms with van der Waals surface area (Å²) in [4.78, 5) is 27.1. The number of esters is 1. The number of hydrogen-bond acceptors (Lipinski definition) is 5. The topological polar surface area (TPSA) is 77.5 Å². The van der Waals surface area contributed by atoms with Gasteiger partial charge in [0.25, 0.3) is 5.91 Å². The quantitative estimate of drug-likeness (QED) is 0.795. The molecule has 0 aliphatic heterocycles. The summed E-state index contributed by atoms with van der Waals surface area (Å²) in [5.41, 5.74) is 0.493. The standard InChI is InChI=1S/C17H18N2O4/c1-2-22-16(20)9-11-19-17(21)13-5-7-14(8-6-13)23-15-4-3-10-18-12-15/h3-8,10,12H,2,9,11H2,1H3,(H,19,21). The molecule has 1 heterocycles. The molecule has 0 radical (unpaired) electrons. The highest BCUT2D eigenvalue weighted by atomic mass is 16.5. The van der Waals surface area contributed by atoms with Gasteiger partial charge in [-0.1, -0.05) is 0 Å². The van der Waals surface area contributed by atoms with Gasteiger partial charge >= 0.3 is 5.97 Å². The summed E-state index contributed by atoms with van der Waals surface area (Å²) in [5, 5.41) is 2.67. The van der Waals surface area contributed by atoms with E-state index >= 15 is 0 Å². The highest BCUT2D eigenvalue weighted by Gasteiger charge is 2.07. The molecule has 0 fully saturated rings. The minimum atomic E-state index is -0.326. The number of amides is 1. The van der Waals surface area contributed by atoms with Crippen LogP contribution in [-0.4, -0.2) is 30.0 Å². The second kappa shape index (κ2) is 8.53. The molecule has 2 aromatic rings. The average Bonchev–Trinajstić information content (AvgIpc) is 2.56. The number of nitrogens with zero attached hydrogens (tertiary/aromatic N) is 1. The summed E-state index contributed by atoms with van der Waals surface area (Å²) < 4.78 is 10.4. The highest BCUT2D eigenvalue weighted by Crippen LogP contribution is 2.20. The average molecular weight is 314 g/mol. The number of benzene rings is 1. The van der Waals surface area contributed by atoms with Crippen molar-refractivity contribution in [2.24, 2.45) is 0 Å². The van der Waals surface area contributed by atoms with Crippen molar-refractivity contribution in [3.63, 3.8) is 0 Å². The van der Waals surface area contributed by atoms with Gasteiger partial charge in [-0.15, -0.1) is 0 Å². The van der Waals surface area contributed by atoms with Gasteiger partial charge in [-0.3, -0.25) is 14.6 Å². The number of carbonyl (C=O) groups excluding carboxylic acids is 2. The Hall–Kier alpha value is -2.89. The van der Waals surface area contributed by atoms with Crippen LogP contribution in [0.15, 0.2) is 48.8 Å². The molecule has 2 rings (SSSR count). The second-order valence-electron chi connectivity index (χ2n) is 4.63. The zero-order chi connectivity index (χ0) is 16.5. The summed E-state index contributed by atoms with van der Waals surface area (Å²) in [7, 11) is 0. The smallest absolute Gasteiger partial charge is 0.307 e. The molecule has 0 unspecified atom stereocenters. The van der Waals surface area contributed by atoms with Crippen molar-refractivity contribution in [3.8, 4) is 11.5 Å². The maximum absolute atomic E-state index is 11.9. The number of pyridine rings is 1. The maximum atomic E-state index is 11.9. The molecular weight excluding hydrogens is 296 g/mol. The van der Waals surface area contributed by atoms with Crippen LogP contribution in [0.25, 0.3) is 0 Å². The molecule has 1 N–H and O–H groups in total. The van der Waals surface area contributed by atoms with Crippen molar-refractivity contribution in [3.05, 3.63) is 54.4 Å². The Bertz CT molecular complexity index is 641. The van der Waals surface area contributed by atoms with Crippen molar-refractivity contribution < 1.29 is 19.1 Å². The lowest BCUT2D eigenvalue weighted by Crippen LogP contribution is -2.26. The molecular formula is C17H18N2O4. The van der Waals surface area contributed by atoms with Crippen LogP contribution in [0.2, 0.25) is 0 Å². The zero-order valence-corrected chi connectivity index (χ0v) is 12.8. The first-order valence-electron chi connectivity index (χ1n) is 7.31. The van der Waals surface area contributed by atoms with E-state index in [2.05, 4.69) is 10.3 Å². The summed E-state index contributed by atoms with van der Waals surface area (Å²) in [6, 6.07) is 10.3. The Morgan fingerprint density at radius 2 is 1.91 bits per heavy atom. The Labute approximate surface area is 134 Å². The predicted octanol–water partition coefficient (Wildman–Crippen LogP) is 2.56. The van der Waals surface area contributed by atoms with E-state index in [4.69, 9.17) is 9.47 Å². The van der Waals surface area contributed by atoms with Crippen molar-refractivity contribution in [1.82, 2.24) is 10.3 Å². The van der Waals surface area contributed by atoms with Crippen molar-refractivity contribution >= 4 is 11.9 Å². The molecule has 1 aromatic carbocycles. The number of carbonyl (C=O) groups is 2. The van der Waals surface area contributed by atoms with E-state index < -0.39 is 0 Å². The van der Waals surface area contributed by atoms with Gasteiger partial charge in [0.2, 0.25) is 0 Å². The lowest BCUT2D eigenvalue weighted by Gasteiger charge is -2.07. The van der Waals surface area contributed by atoms with Gasteiger partial charge in [-0.25, -0.2) is 0 Å². The minimum absolute atomic E-state index is 0.155. The molecule has 1 amide bonds. The number of hydrogen-bond donors (Lipinski definition) is 1. The summed E-state index contributed by atoms with van der Waals surface area (Å²) in [5.74, 6) is 0.662. The van der Waals surface area contributed by atoms with Crippen LogP contribution in [0.1, 0.15) is 23.7 Å². The largest absolute Gasteiger partial charge is 0.466 e. The molecule has 23 heavy (non-hydrogen) atoms. The van der Waals surface area contributed by atoms with E-state index in [1.807, 2.05) is 0 Å². The van der Waals surface area contributed by atoms with E-state index in [1.54, 1.807) is 55.7 Å². The van der Waals surface area contributed by atoms with E-state index in [-0.39, 0.29) is 24.8 Å². The molecule has 6 heteroatoms. The number of ether oxygens (including phenoxy) is 2. The van der Waals surface area contributed by atoms with Gasteiger partial charge in [0.05, 0.1) is 19.2 Å². The third-order valence-corrected chi connectivity index (χ3v) is 2.91. The summed E-state index contributed by atoms with van der Waals surface area (Å²) in [6.07, 6.45) is 3.42. The fourth-order valence-corrected chi connectivity index (χ4v) is 1.83. The van der Waals surface area contributed by atoms with E-state index in [1.165, 1.54) is 0 Å². The Morgan fingerprint density at radius 3 is 2.57 bits per heavy atom. The molecule has 0 saturated heterocycles. The summed E-state index contributed by atoms with van der Waals surface area (Å²) >= 11 is 0. The number of nitrogens with one attached hydrogen (secondary N) is 1. The molecule has 0 aliphatic carbocycles. The fourth-order valence-electron chi connectivity index (χ4n) is 1.83. The zero-order valence-electron chi connectivity index (χ0n) is 12.8. The Kier molecular flexibility index (Phi) is 6.11. The molecule has 0 aliphatic rings. The number of aromatic nitrogens is 1. The normalized spacial score (nSPS) is 9.96. The molecule has 120 valence electrons. The first-order valence-corrected chi connectivity index (χ1v) is 7.31. The van der Waals surface area contributed by atoms with Gasteiger partial charge in [0, 0.05) is 18.3 Å². The van der Waals surface area contributed by atoms with Gasteiger partial charge < -0.3 is 14.8 Å². The van der Waals surface area contributed by atoms with Crippen LogP contribution >= 0.6 is 0 Å². The minimum Gasteiger partial charge on any atom is -0.466 e. The Balaban J connectivity index is 1.84. The van der Waals surface area contributed by atoms with Gasteiger partial charge in [0.1, 0.15) is 11.5 Å². The van der Waals surface area contributed by atoms with E-state index in [9.17, 15) is 9.59 Å². The lowest BCUT2D eigenvalue weighted by atomic mass is 10.2. The van der Waals surface area contributed by atoms with Crippen LogP contribution in [0.5, 0.6) is 11.5 Å². The molecule has 1 aromatic heterocycles. The molecule has 0 bridgehead atoms. The molecule has 0 atom stereocenters. The maximum Gasteiger partial charge on any atom is 0.307 e. The first kappa shape index (κ1) is 16.5. The van der Waals surface area contributed by atoms with Gasteiger partial charge in [0.15, 0.2) is 0 Å². The first-order chi connectivity index (χ1) is 11.2. The van der Waals surface area contributed by atoms with Crippen molar-refractivity contribution in [2.45, 2.75) is 13.3 Å². The van der Waals surface area contributed by atoms with Crippen LogP contribution in [0, 0.1) is 0 Å². The van der Waals surface area contributed by atoms with E-state index in [0.717, 1.165) is 0 Å². The highest BCUT2D eigenvalue weighted by molar-refractivity contribution is 5.94.